The Labute approximate surface area is 238 Å². The van der Waals surface area contributed by atoms with E-state index in [1.807, 2.05) is 0 Å². The van der Waals surface area contributed by atoms with Crippen LogP contribution in [0.5, 0.6) is 0 Å². The SMILES string of the molecule is O=C(N=C(NC(=O)OCc1ccc([N+](=O)[O-])cc1)N[C@H]1CNC[C@@H]1O)OCc1ccc([N+](=O)[O-])cc1.O=C(O)C(F)(F)F. The number of carbonyl (C=O) groups is 3. The molecule has 1 fully saturated rings. The highest BCUT2D eigenvalue weighted by Gasteiger charge is 2.38. The molecule has 20 heteroatoms. The molecule has 0 aromatic heterocycles. The molecule has 0 unspecified atom stereocenters. The molecule has 2 aromatic carbocycles. The van der Waals surface area contributed by atoms with Gasteiger partial charge in [0.2, 0.25) is 5.96 Å². The fourth-order valence-corrected chi connectivity index (χ4v) is 3.06. The predicted octanol–water partition coefficient (Wildman–Crippen LogP) is 1.98. The first-order valence-electron chi connectivity index (χ1n) is 11.8. The van der Waals surface area contributed by atoms with Gasteiger partial charge in [-0.05, 0) is 35.4 Å². The average molecular weight is 616 g/mol. The summed E-state index contributed by atoms with van der Waals surface area (Å²) in [4.78, 5) is 57.4. The predicted molar refractivity (Wildman–Crippen MR) is 137 cm³/mol. The van der Waals surface area contributed by atoms with Gasteiger partial charge in [-0.25, -0.2) is 14.4 Å². The Bertz CT molecular complexity index is 1340. The maximum atomic E-state index is 12.3. The first-order valence-corrected chi connectivity index (χ1v) is 11.8. The van der Waals surface area contributed by atoms with Gasteiger partial charge in [0.25, 0.3) is 11.4 Å². The number of aliphatic hydroxyl groups excluding tert-OH is 1. The molecule has 2 aromatic rings. The number of amides is 2. The number of guanidine groups is 1. The Morgan fingerprint density at radius 1 is 0.930 bits per heavy atom. The quantitative estimate of drug-likeness (QED) is 0.129. The standard InChI is InChI=1S/C21H22N6O9.C2HF3O2/c28-18-10-22-9-17(18)23-19(24-20(29)35-11-13-1-5-15(6-2-13)26(31)32)25-21(30)36-12-14-3-7-16(8-4-14)27(33)34;3-2(4,5)1(6)7/h1-8,17-18,22,28H,9-12H2,(H2,23,24,25,29,30);(H,6,7)/t17-,18-;/m0./s1. The molecule has 0 bridgehead atoms. The van der Waals surface area contributed by atoms with E-state index in [0.29, 0.717) is 24.2 Å². The number of aliphatic carboxylic acids is 1. The van der Waals surface area contributed by atoms with Crippen LogP contribution in [0.15, 0.2) is 53.5 Å². The van der Waals surface area contributed by atoms with Crippen molar-refractivity contribution in [2.24, 2.45) is 4.99 Å². The minimum atomic E-state index is -5.08. The minimum Gasteiger partial charge on any atom is -0.475 e. The molecule has 0 spiro atoms. The summed E-state index contributed by atoms with van der Waals surface area (Å²) in [7, 11) is 0. The average Bonchev–Trinajstić information content (AvgIpc) is 3.34. The number of non-ortho nitro benzene ring substituents is 2. The summed E-state index contributed by atoms with van der Waals surface area (Å²) in [6.45, 7) is 0.179. The molecule has 5 N–H and O–H groups in total. The molecule has 0 radical (unpaired) electrons. The van der Waals surface area contributed by atoms with Gasteiger partial charge >= 0.3 is 24.3 Å². The second-order valence-electron chi connectivity index (χ2n) is 8.34. The zero-order valence-electron chi connectivity index (χ0n) is 21.6. The smallest absolute Gasteiger partial charge is 0.475 e. The summed E-state index contributed by atoms with van der Waals surface area (Å²) in [5, 5.41) is 46.5. The number of aliphatic hydroxyl groups is 1. The van der Waals surface area contributed by atoms with Crippen LogP contribution in [0.25, 0.3) is 0 Å². The molecular weight excluding hydrogens is 593 g/mol. The van der Waals surface area contributed by atoms with Crippen LogP contribution in [0, 0.1) is 20.2 Å². The number of rotatable bonds is 7. The molecule has 1 aliphatic heterocycles. The Balaban J connectivity index is 0.000000821. The molecule has 3 rings (SSSR count). The number of alkyl carbamates (subject to hydrolysis) is 1. The van der Waals surface area contributed by atoms with Crippen molar-refractivity contribution in [2.75, 3.05) is 13.1 Å². The van der Waals surface area contributed by atoms with E-state index in [-0.39, 0.29) is 30.5 Å². The van der Waals surface area contributed by atoms with Gasteiger partial charge < -0.3 is 30.3 Å². The lowest BCUT2D eigenvalue weighted by molar-refractivity contribution is -0.385. The molecule has 2 amide bonds. The number of hydrogen-bond donors (Lipinski definition) is 5. The number of benzene rings is 2. The number of carboxylic acid groups (broad SMARTS) is 1. The Morgan fingerprint density at radius 3 is 1.79 bits per heavy atom. The first kappa shape index (κ1) is 33.8. The number of alkyl halides is 3. The molecule has 43 heavy (non-hydrogen) atoms. The summed E-state index contributed by atoms with van der Waals surface area (Å²) in [6, 6.07) is 10.2. The second-order valence-corrected chi connectivity index (χ2v) is 8.34. The number of aliphatic imine (C=N–C) groups is 1. The number of halogens is 3. The fourth-order valence-electron chi connectivity index (χ4n) is 3.06. The highest BCUT2D eigenvalue weighted by atomic mass is 19.4. The van der Waals surface area contributed by atoms with E-state index in [4.69, 9.17) is 19.4 Å². The molecule has 0 aliphatic carbocycles. The number of nitrogens with zero attached hydrogens (tertiary/aromatic N) is 3. The summed E-state index contributed by atoms with van der Waals surface area (Å²) in [5.74, 6) is -3.09. The lowest BCUT2D eigenvalue weighted by Crippen LogP contribution is -2.50. The van der Waals surface area contributed by atoms with Crippen LogP contribution in [0.4, 0.5) is 34.1 Å². The summed E-state index contributed by atoms with van der Waals surface area (Å²) in [6.07, 6.45) is -7.96. The zero-order chi connectivity index (χ0) is 32.2. The van der Waals surface area contributed by atoms with Gasteiger partial charge in [-0.3, -0.25) is 25.5 Å². The first-order chi connectivity index (χ1) is 20.1. The normalized spacial score (nSPS) is 16.2. The molecule has 1 aliphatic rings. The van der Waals surface area contributed by atoms with Crippen LogP contribution in [-0.4, -0.2) is 75.6 Å². The van der Waals surface area contributed by atoms with Crippen molar-refractivity contribution in [1.29, 1.82) is 0 Å². The van der Waals surface area contributed by atoms with E-state index in [2.05, 4.69) is 20.9 Å². The zero-order valence-corrected chi connectivity index (χ0v) is 21.6. The number of carbonyl (C=O) groups excluding carboxylic acids is 2. The van der Waals surface area contributed by atoms with E-state index in [1.54, 1.807) is 0 Å². The van der Waals surface area contributed by atoms with E-state index in [9.17, 15) is 48.1 Å². The van der Waals surface area contributed by atoms with Crippen LogP contribution < -0.4 is 16.0 Å². The van der Waals surface area contributed by atoms with Crippen molar-refractivity contribution >= 4 is 35.5 Å². The third kappa shape index (κ3) is 11.9. The topological polar surface area (TPSA) is 245 Å². The highest BCUT2D eigenvalue weighted by molar-refractivity contribution is 5.98. The summed E-state index contributed by atoms with van der Waals surface area (Å²) < 4.78 is 41.8. The Hall–Kier alpha value is -5.37. The number of nitro groups is 2. The van der Waals surface area contributed by atoms with Crippen molar-refractivity contribution < 1.29 is 57.1 Å². The number of hydrogen-bond acceptors (Lipinski definition) is 11. The van der Waals surface area contributed by atoms with E-state index >= 15 is 0 Å². The number of nitro benzene ring substituents is 2. The van der Waals surface area contributed by atoms with Crippen molar-refractivity contribution in [1.82, 2.24) is 16.0 Å². The lowest BCUT2D eigenvalue weighted by Gasteiger charge is -2.18. The van der Waals surface area contributed by atoms with Gasteiger partial charge in [-0.1, -0.05) is 0 Å². The van der Waals surface area contributed by atoms with Crippen LogP contribution in [0.2, 0.25) is 0 Å². The fraction of sp³-hybridized carbons (Fsp3) is 0.304. The van der Waals surface area contributed by atoms with Crippen molar-refractivity contribution in [3.63, 3.8) is 0 Å². The number of ether oxygens (including phenoxy) is 2. The molecule has 1 saturated heterocycles. The van der Waals surface area contributed by atoms with Crippen LogP contribution >= 0.6 is 0 Å². The van der Waals surface area contributed by atoms with Crippen LogP contribution in [0.3, 0.4) is 0 Å². The molecule has 2 atom stereocenters. The molecule has 1 heterocycles. The molecular formula is C23H23F3N6O11. The molecule has 0 saturated carbocycles. The largest absolute Gasteiger partial charge is 0.490 e. The van der Waals surface area contributed by atoms with Gasteiger partial charge in [-0.15, -0.1) is 4.99 Å². The summed E-state index contributed by atoms with van der Waals surface area (Å²) >= 11 is 0. The van der Waals surface area contributed by atoms with Gasteiger partial charge in [0, 0.05) is 37.4 Å². The van der Waals surface area contributed by atoms with Gasteiger partial charge in [0.05, 0.1) is 22.0 Å². The summed E-state index contributed by atoms with van der Waals surface area (Å²) in [5.41, 5.74) is 0.734. The minimum absolute atomic E-state index is 0.113. The van der Waals surface area contributed by atoms with E-state index < -0.39 is 46.3 Å². The molecule has 232 valence electrons. The number of carboxylic acids is 1. The van der Waals surface area contributed by atoms with E-state index in [0.717, 1.165) is 0 Å². The Morgan fingerprint density at radius 2 is 1.40 bits per heavy atom. The number of nitrogens with one attached hydrogen (secondary N) is 3. The Kier molecular flexibility index (Phi) is 12.3. The van der Waals surface area contributed by atoms with Gasteiger partial charge in [0.1, 0.15) is 13.2 Å². The maximum absolute atomic E-state index is 12.3. The monoisotopic (exact) mass is 616 g/mol. The van der Waals surface area contributed by atoms with Gasteiger partial charge in [0.15, 0.2) is 0 Å². The van der Waals surface area contributed by atoms with E-state index in [1.165, 1.54) is 48.5 Å². The third-order valence-electron chi connectivity index (χ3n) is 5.20. The number of β-amino-alcohol motifs (C(OH)–C–C–N with tert-alkyl or cyclic N) is 1. The van der Waals surface area contributed by atoms with Crippen LogP contribution in [-0.2, 0) is 27.5 Å². The van der Waals surface area contributed by atoms with Gasteiger partial charge in [-0.2, -0.15) is 13.2 Å². The van der Waals surface area contributed by atoms with Crippen LogP contribution in [0.1, 0.15) is 11.1 Å². The highest BCUT2D eigenvalue weighted by Crippen LogP contribution is 2.14. The third-order valence-corrected chi connectivity index (χ3v) is 5.20. The second kappa shape index (κ2) is 15.6. The van der Waals surface area contributed by atoms with Crippen molar-refractivity contribution in [3.05, 3.63) is 79.9 Å². The van der Waals surface area contributed by atoms with Crippen molar-refractivity contribution in [2.45, 2.75) is 31.5 Å². The molecule has 17 nitrogen and oxygen atoms in total. The lowest BCUT2D eigenvalue weighted by atomic mass is 10.2. The van der Waals surface area contributed by atoms with Crippen molar-refractivity contribution in [3.8, 4) is 0 Å². The maximum Gasteiger partial charge on any atom is 0.490 e.